The Bertz CT molecular complexity index is 653. The van der Waals surface area contributed by atoms with Crippen LogP contribution in [0.25, 0.3) is 0 Å². The Hall–Kier alpha value is -2.45. The van der Waals surface area contributed by atoms with Crippen LogP contribution in [0, 0.1) is 11.8 Å². The SMILES string of the molecule is COc1ccc(OCCc2cnn(C)c2)c(C#CCO)c1. The molecule has 5 nitrogen and oxygen atoms in total. The lowest BCUT2D eigenvalue weighted by atomic mass is 10.2. The van der Waals surface area contributed by atoms with Gasteiger partial charge in [0.15, 0.2) is 0 Å². The van der Waals surface area contributed by atoms with Gasteiger partial charge in [0.1, 0.15) is 18.1 Å². The zero-order valence-corrected chi connectivity index (χ0v) is 12.2. The van der Waals surface area contributed by atoms with E-state index < -0.39 is 0 Å². The van der Waals surface area contributed by atoms with Gasteiger partial charge in [-0.25, -0.2) is 0 Å². The topological polar surface area (TPSA) is 56.5 Å². The molecule has 0 bridgehead atoms. The maximum absolute atomic E-state index is 8.82. The zero-order chi connectivity index (χ0) is 15.1. The molecule has 0 saturated heterocycles. The van der Waals surface area contributed by atoms with Crippen molar-refractivity contribution in [1.82, 2.24) is 9.78 Å². The molecule has 0 amide bonds. The van der Waals surface area contributed by atoms with E-state index in [0.29, 0.717) is 23.7 Å². The summed E-state index contributed by atoms with van der Waals surface area (Å²) in [5.41, 5.74) is 1.82. The van der Waals surface area contributed by atoms with Gasteiger partial charge in [-0.05, 0) is 23.8 Å². The lowest BCUT2D eigenvalue weighted by Gasteiger charge is -2.09. The third kappa shape index (κ3) is 4.26. The Morgan fingerprint density at radius 1 is 1.38 bits per heavy atom. The van der Waals surface area contributed by atoms with Gasteiger partial charge in [0.2, 0.25) is 0 Å². The lowest BCUT2D eigenvalue weighted by Crippen LogP contribution is -2.02. The summed E-state index contributed by atoms with van der Waals surface area (Å²) in [6.45, 7) is 0.345. The van der Waals surface area contributed by atoms with Crippen molar-refractivity contribution in [3.63, 3.8) is 0 Å². The maximum Gasteiger partial charge on any atom is 0.135 e. The molecule has 1 aromatic heterocycles. The fourth-order valence-electron chi connectivity index (χ4n) is 1.87. The van der Waals surface area contributed by atoms with Crippen LogP contribution in [0.1, 0.15) is 11.1 Å². The summed E-state index contributed by atoms with van der Waals surface area (Å²) < 4.78 is 12.7. The highest BCUT2D eigenvalue weighted by Crippen LogP contribution is 2.23. The van der Waals surface area contributed by atoms with Crippen LogP contribution < -0.4 is 9.47 Å². The molecule has 0 saturated carbocycles. The number of ether oxygens (including phenoxy) is 2. The first-order valence-corrected chi connectivity index (χ1v) is 6.61. The minimum absolute atomic E-state index is 0.188. The molecular weight excluding hydrogens is 268 g/mol. The summed E-state index contributed by atoms with van der Waals surface area (Å²) in [5.74, 6) is 6.88. The van der Waals surface area contributed by atoms with E-state index in [1.54, 1.807) is 17.9 Å². The van der Waals surface area contributed by atoms with Gasteiger partial charge in [0.25, 0.3) is 0 Å². The standard InChI is InChI=1S/C16H18N2O3/c1-18-12-13(11-17-18)7-9-21-16-6-5-15(20-2)10-14(16)4-3-8-19/h5-6,10-12,19H,7-9H2,1-2H3. The van der Waals surface area contributed by atoms with E-state index in [1.165, 1.54) is 0 Å². The molecule has 1 N–H and O–H groups in total. The lowest BCUT2D eigenvalue weighted by molar-refractivity contribution is 0.320. The zero-order valence-electron chi connectivity index (χ0n) is 12.2. The molecule has 0 aliphatic carbocycles. The summed E-state index contributed by atoms with van der Waals surface area (Å²) in [4.78, 5) is 0. The number of aromatic nitrogens is 2. The molecule has 1 heterocycles. The second kappa shape index (κ2) is 7.36. The van der Waals surface area contributed by atoms with Gasteiger partial charge in [-0.1, -0.05) is 11.8 Å². The molecule has 0 spiro atoms. The van der Waals surface area contributed by atoms with Gasteiger partial charge < -0.3 is 14.6 Å². The number of aliphatic hydroxyl groups is 1. The van der Waals surface area contributed by atoms with Crippen molar-refractivity contribution in [3.8, 4) is 23.3 Å². The first-order valence-electron chi connectivity index (χ1n) is 6.61. The Morgan fingerprint density at radius 3 is 2.90 bits per heavy atom. The van der Waals surface area contributed by atoms with Crippen LogP contribution in [-0.4, -0.2) is 35.2 Å². The number of aryl methyl sites for hydroxylation is 1. The van der Waals surface area contributed by atoms with Crippen molar-refractivity contribution < 1.29 is 14.6 Å². The molecule has 0 atom stereocenters. The molecule has 0 aliphatic heterocycles. The van der Waals surface area contributed by atoms with E-state index in [4.69, 9.17) is 14.6 Å². The number of hydrogen-bond donors (Lipinski definition) is 1. The van der Waals surface area contributed by atoms with Crippen LogP contribution in [0.4, 0.5) is 0 Å². The van der Waals surface area contributed by atoms with E-state index in [1.807, 2.05) is 31.6 Å². The van der Waals surface area contributed by atoms with Crippen molar-refractivity contribution in [2.24, 2.45) is 7.05 Å². The predicted molar refractivity (Wildman–Crippen MR) is 79.4 cm³/mol. The molecule has 110 valence electrons. The Morgan fingerprint density at radius 2 is 2.24 bits per heavy atom. The third-order valence-corrected chi connectivity index (χ3v) is 2.90. The minimum Gasteiger partial charge on any atom is -0.497 e. The second-order valence-corrected chi connectivity index (χ2v) is 4.44. The Kier molecular flexibility index (Phi) is 5.24. The molecule has 1 aromatic carbocycles. The van der Waals surface area contributed by atoms with E-state index in [9.17, 15) is 0 Å². The number of nitrogens with zero attached hydrogens (tertiary/aromatic N) is 2. The highest BCUT2D eigenvalue weighted by Gasteiger charge is 2.04. The number of rotatable bonds is 5. The summed E-state index contributed by atoms with van der Waals surface area (Å²) in [5, 5.41) is 12.9. The molecule has 2 rings (SSSR count). The summed E-state index contributed by atoms with van der Waals surface area (Å²) in [6.07, 6.45) is 4.56. The molecule has 5 heteroatoms. The molecule has 2 aromatic rings. The Balaban J connectivity index is 2.04. The van der Waals surface area contributed by atoms with Gasteiger partial charge in [-0.3, -0.25) is 4.68 Å². The Labute approximate surface area is 124 Å². The number of methoxy groups -OCH3 is 1. The van der Waals surface area contributed by atoms with Crippen LogP contribution >= 0.6 is 0 Å². The van der Waals surface area contributed by atoms with Crippen molar-refractivity contribution in [2.45, 2.75) is 6.42 Å². The van der Waals surface area contributed by atoms with Gasteiger partial charge >= 0.3 is 0 Å². The van der Waals surface area contributed by atoms with E-state index in [-0.39, 0.29) is 6.61 Å². The molecule has 0 fully saturated rings. The normalized spacial score (nSPS) is 9.86. The van der Waals surface area contributed by atoms with Crippen LogP contribution in [-0.2, 0) is 13.5 Å². The van der Waals surface area contributed by atoms with Crippen LogP contribution in [0.3, 0.4) is 0 Å². The average Bonchev–Trinajstić information content (AvgIpc) is 2.91. The average molecular weight is 286 g/mol. The largest absolute Gasteiger partial charge is 0.497 e. The van der Waals surface area contributed by atoms with Gasteiger partial charge in [0.05, 0.1) is 25.5 Å². The van der Waals surface area contributed by atoms with Crippen LogP contribution in [0.15, 0.2) is 30.6 Å². The van der Waals surface area contributed by atoms with E-state index in [2.05, 4.69) is 16.9 Å². The summed E-state index contributed by atoms with van der Waals surface area (Å²) in [6, 6.07) is 5.44. The first-order chi connectivity index (χ1) is 10.2. The molecule has 0 aliphatic rings. The first kappa shape index (κ1) is 14.9. The van der Waals surface area contributed by atoms with Crippen molar-refractivity contribution in [1.29, 1.82) is 0 Å². The summed E-state index contributed by atoms with van der Waals surface area (Å²) >= 11 is 0. The highest BCUT2D eigenvalue weighted by atomic mass is 16.5. The van der Waals surface area contributed by atoms with Gasteiger partial charge in [0, 0.05) is 19.7 Å². The molecule has 21 heavy (non-hydrogen) atoms. The number of benzene rings is 1. The van der Waals surface area contributed by atoms with Crippen LogP contribution in [0.5, 0.6) is 11.5 Å². The monoisotopic (exact) mass is 286 g/mol. The third-order valence-electron chi connectivity index (χ3n) is 2.90. The molecule has 0 radical (unpaired) electrons. The predicted octanol–water partition coefficient (Wildman–Crippen LogP) is 1.39. The number of aliphatic hydroxyl groups excluding tert-OH is 1. The summed E-state index contributed by atoms with van der Waals surface area (Å²) in [7, 11) is 3.48. The minimum atomic E-state index is -0.188. The van der Waals surface area contributed by atoms with Gasteiger partial charge in [-0.15, -0.1) is 0 Å². The molecular formula is C16H18N2O3. The highest BCUT2D eigenvalue weighted by molar-refractivity contribution is 5.50. The quantitative estimate of drug-likeness (QED) is 0.844. The van der Waals surface area contributed by atoms with E-state index in [0.717, 1.165) is 12.0 Å². The fourth-order valence-corrected chi connectivity index (χ4v) is 1.87. The smallest absolute Gasteiger partial charge is 0.135 e. The maximum atomic E-state index is 8.82. The second-order valence-electron chi connectivity index (χ2n) is 4.44. The number of hydrogen-bond acceptors (Lipinski definition) is 4. The van der Waals surface area contributed by atoms with E-state index >= 15 is 0 Å². The van der Waals surface area contributed by atoms with Crippen LogP contribution in [0.2, 0.25) is 0 Å². The van der Waals surface area contributed by atoms with Crippen molar-refractivity contribution in [3.05, 3.63) is 41.7 Å². The van der Waals surface area contributed by atoms with Crippen molar-refractivity contribution in [2.75, 3.05) is 20.3 Å². The molecule has 0 unspecified atom stereocenters. The van der Waals surface area contributed by atoms with Crippen molar-refractivity contribution >= 4 is 0 Å². The van der Waals surface area contributed by atoms with Gasteiger partial charge in [-0.2, -0.15) is 5.10 Å². The fraction of sp³-hybridized carbons (Fsp3) is 0.312.